The van der Waals surface area contributed by atoms with Gasteiger partial charge in [0.05, 0.1) is 0 Å². The van der Waals surface area contributed by atoms with Crippen molar-refractivity contribution in [2.24, 2.45) is 0 Å². The molecule has 0 saturated carbocycles. The van der Waals surface area contributed by atoms with E-state index in [9.17, 15) is 4.79 Å². The van der Waals surface area contributed by atoms with Crippen LogP contribution in [0.25, 0.3) is 5.65 Å². The van der Waals surface area contributed by atoms with Gasteiger partial charge in [-0.25, -0.2) is 4.98 Å². The van der Waals surface area contributed by atoms with Crippen molar-refractivity contribution in [3.8, 4) is 0 Å². The SMILES string of the molecule is O=C1CCC(Nc2nccn3cnnc23)CN1. The van der Waals surface area contributed by atoms with E-state index in [0.29, 0.717) is 24.4 Å². The molecule has 17 heavy (non-hydrogen) atoms. The summed E-state index contributed by atoms with van der Waals surface area (Å²) in [5, 5.41) is 13.9. The number of hydrogen-bond donors (Lipinski definition) is 2. The lowest BCUT2D eigenvalue weighted by Crippen LogP contribution is -2.42. The van der Waals surface area contributed by atoms with E-state index in [0.717, 1.165) is 6.42 Å². The first-order valence-electron chi connectivity index (χ1n) is 5.50. The van der Waals surface area contributed by atoms with Gasteiger partial charge in [-0.3, -0.25) is 9.20 Å². The third-order valence-electron chi connectivity index (χ3n) is 2.82. The number of piperidine rings is 1. The van der Waals surface area contributed by atoms with E-state index in [2.05, 4.69) is 25.8 Å². The fraction of sp³-hybridized carbons (Fsp3) is 0.400. The molecule has 0 spiro atoms. The minimum atomic E-state index is 0.108. The highest BCUT2D eigenvalue weighted by Crippen LogP contribution is 2.14. The monoisotopic (exact) mass is 232 g/mol. The third-order valence-corrected chi connectivity index (χ3v) is 2.82. The maximum absolute atomic E-state index is 11.1. The van der Waals surface area contributed by atoms with Crippen molar-refractivity contribution >= 4 is 17.4 Å². The summed E-state index contributed by atoms with van der Waals surface area (Å²) in [6.45, 7) is 0.621. The van der Waals surface area contributed by atoms with Crippen LogP contribution in [0.15, 0.2) is 18.7 Å². The van der Waals surface area contributed by atoms with Gasteiger partial charge in [-0.15, -0.1) is 10.2 Å². The highest BCUT2D eigenvalue weighted by Gasteiger charge is 2.19. The number of anilines is 1. The molecule has 2 N–H and O–H groups in total. The molecule has 7 nitrogen and oxygen atoms in total. The summed E-state index contributed by atoms with van der Waals surface area (Å²) in [6, 6.07) is 0.197. The highest BCUT2D eigenvalue weighted by atomic mass is 16.1. The van der Waals surface area contributed by atoms with Gasteiger partial charge in [0.25, 0.3) is 0 Å². The zero-order valence-corrected chi connectivity index (χ0v) is 9.13. The molecule has 3 rings (SSSR count). The van der Waals surface area contributed by atoms with E-state index in [4.69, 9.17) is 0 Å². The minimum Gasteiger partial charge on any atom is -0.362 e. The number of hydrogen-bond acceptors (Lipinski definition) is 5. The molecule has 0 bridgehead atoms. The lowest BCUT2D eigenvalue weighted by Gasteiger charge is -2.23. The lowest BCUT2D eigenvalue weighted by atomic mass is 10.1. The van der Waals surface area contributed by atoms with Crippen LogP contribution in [0.1, 0.15) is 12.8 Å². The smallest absolute Gasteiger partial charge is 0.220 e. The average Bonchev–Trinajstić information content (AvgIpc) is 2.81. The van der Waals surface area contributed by atoms with Crippen molar-refractivity contribution in [2.75, 3.05) is 11.9 Å². The quantitative estimate of drug-likeness (QED) is 0.750. The summed E-state index contributed by atoms with van der Waals surface area (Å²) in [7, 11) is 0. The Hall–Kier alpha value is -2.18. The van der Waals surface area contributed by atoms with Crippen LogP contribution in [-0.2, 0) is 4.79 Å². The van der Waals surface area contributed by atoms with Crippen molar-refractivity contribution < 1.29 is 4.79 Å². The predicted octanol–water partition coefficient (Wildman–Crippen LogP) is -0.185. The zero-order chi connectivity index (χ0) is 11.7. The maximum Gasteiger partial charge on any atom is 0.220 e. The first kappa shape index (κ1) is 10.0. The number of carbonyl (C=O) groups is 1. The first-order valence-corrected chi connectivity index (χ1v) is 5.50. The number of aromatic nitrogens is 4. The molecule has 3 heterocycles. The van der Waals surface area contributed by atoms with Crippen LogP contribution >= 0.6 is 0 Å². The van der Waals surface area contributed by atoms with Crippen LogP contribution in [0.5, 0.6) is 0 Å². The van der Waals surface area contributed by atoms with Gasteiger partial charge in [0.1, 0.15) is 6.33 Å². The fourth-order valence-corrected chi connectivity index (χ4v) is 1.91. The average molecular weight is 232 g/mol. The van der Waals surface area contributed by atoms with E-state index in [-0.39, 0.29) is 11.9 Å². The number of nitrogens with zero attached hydrogens (tertiary/aromatic N) is 4. The Balaban J connectivity index is 1.80. The van der Waals surface area contributed by atoms with Gasteiger partial charge in [0.2, 0.25) is 11.6 Å². The Morgan fingerprint density at radius 2 is 2.47 bits per heavy atom. The molecule has 1 unspecified atom stereocenters. The second-order valence-electron chi connectivity index (χ2n) is 4.02. The van der Waals surface area contributed by atoms with Gasteiger partial charge in [-0.2, -0.15) is 0 Å². The van der Waals surface area contributed by atoms with Gasteiger partial charge < -0.3 is 10.6 Å². The summed E-state index contributed by atoms with van der Waals surface area (Å²) >= 11 is 0. The number of fused-ring (bicyclic) bond motifs is 1. The van der Waals surface area contributed by atoms with Crippen molar-refractivity contribution in [3.63, 3.8) is 0 Å². The van der Waals surface area contributed by atoms with Crippen molar-refractivity contribution in [3.05, 3.63) is 18.7 Å². The molecule has 1 atom stereocenters. The zero-order valence-electron chi connectivity index (χ0n) is 9.13. The topological polar surface area (TPSA) is 84.2 Å². The minimum absolute atomic E-state index is 0.108. The van der Waals surface area contributed by atoms with Gasteiger partial charge in [0, 0.05) is 31.4 Å². The molecule has 7 heteroatoms. The van der Waals surface area contributed by atoms with Gasteiger partial charge in [0.15, 0.2) is 5.82 Å². The standard InChI is InChI=1S/C10H12N6O/c17-8-2-1-7(5-12-8)14-9-10-15-13-6-16(10)4-3-11-9/h3-4,6-7H,1-2,5H2,(H,11,14)(H,12,17). The molecule has 1 amide bonds. The number of amides is 1. The summed E-state index contributed by atoms with van der Waals surface area (Å²) in [5.41, 5.74) is 0.699. The fourth-order valence-electron chi connectivity index (χ4n) is 1.91. The Morgan fingerprint density at radius 3 is 3.29 bits per heavy atom. The Bertz CT molecular complexity index is 540. The van der Waals surface area contributed by atoms with E-state index in [1.54, 1.807) is 23.1 Å². The van der Waals surface area contributed by atoms with Gasteiger partial charge in [-0.05, 0) is 6.42 Å². The third kappa shape index (κ3) is 1.91. The number of rotatable bonds is 2. The van der Waals surface area contributed by atoms with Gasteiger partial charge in [-0.1, -0.05) is 0 Å². The molecule has 0 aliphatic carbocycles. The molecule has 1 aliphatic rings. The van der Waals surface area contributed by atoms with Crippen LogP contribution < -0.4 is 10.6 Å². The van der Waals surface area contributed by atoms with Crippen LogP contribution in [0.3, 0.4) is 0 Å². The predicted molar refractivity (Wildman–Crippen MR) is 60.4 cm³/mol. The van der Waals surface area contributed by atoms with E-state index < -0.39 is 0 Å². The molecule has 0 aromatic carbocycles. The number of nitrogens with one attached hydrogen (secondary N) is 2. The molecule has 88 valence electrons. The molecule has 2 aromatic heterocycles. The summed E-state index contributed by atoms with van der Waals surface area (Å²) in [4.78, 5) is 15.3. The molecule has 1 saturated heterocycles. The van der Waals surface area contributed by atoms with Crippen molar-refractivity contribution in [2.45, 2.75) is 18.9 Å². The second-order valence-corrected chi connectivity index (χ2v) is 4.02. The summed E-state index contributed by atoms with van der Waals surface area (Å²) in [6.07, 6.45) is 6.48. The van der Waals surface area contributed by atoms with Crippen molar-refractivity contribution in [1.82, 2.24) is 24.9 Å². The molecule has 0 radical (unpaired) electrons. The Labute approximate surface area is 97.3 Å². The highest BCUT2D eigenvalue weighted by molar-refractivity contribution is 5.77. The van der Waals surface area contributed by atoms with Crippen LogP contribution in [-0.4, -0.2) is 38.1 Å². The Morgan fingerprint density at radius 1 is 1.53 bits per heavy atom. The number of carbonyl (C=O) groups excluding carboxylic acids is 1. The molecule has 1 aliphatic heterocycles. The van der Waals surface area contributed by atoms with Crippen LogP contribution in [0, 0.1) is 0 Å². The second kappa shape index (κ2) is 4.00. The summed E-state index contributed by atoms with van der Waals surface area (Å²) in [5.74, 6) is 0.808. The largest absolute Gasteiger partial charge is 0.362 e. The Kier molecular flexibility index (Phi) is 2.36. The first-order chi connectivity index (χ1) is 8.33. The van der Waals surface area contributed by atoms with E-state index >= 15 is 0 Å². The lowest BCUT2D eigenvalue weighted by molar-refractivity contribution is -0.122. The van der Waals surface area contributed by atoms with Crippen LogP contribution in [0.2, 0.25) is 0 Å². The van der Waals surface area contributed by atoms with Crippen molar-refractivity contribution in [1.29, 1.82) is 0 Å². The summed E-state index contributed by atoms with van der Waals surface area (Å²) < 4.78 is 1.80. The molecular formula is C10H12N6O. The molecule has 2 aromatic rings. The van der Waals surface area contributed by atoms with Gasteiger partial charge >= 0.3 is 0 Å². The van der Waals surface area contributed by atoms with Crippen LogP contribution in [0.4, 0.5) is 5.82 Å². The normalized spacial score (nSPS) is 20.2. The van der Waals surface area contributed by atoms with E-state index in [1.165, 1.54) is 0 Å². The molecule has 1 fully saturated rings. The maximum atomic E-state index is 11.1. The molecular weight excluding hydrogens is 220 g/mol. The van der Waals surface area contributed by atoms with E-state index in [1.807, 2.05) is 0 Å².